The van der Waals surface area contributed by atoms with E-state index in [0.29, 0.717) is 11.1 Å². The summed E-state index contributed by atoms with van der Waals surface area (Å²) in [5.41, 5.74) is -1.82. The van der Waals surface area contributed by atoms with Crippen molar-refractivity contribution in [1.82, 2.24) is 3.96 Å². The van der Waals surface area contributed by atoms with Crippen LogP contribution >= 0.6 is 11.5 Å². The molecule has 0 saturated heterocycles. The van der Waals surface area contributed by atoms with Crippen molar-refractivity contribution >= 4 is 17.4 Å². The Morgan fingerprint density at radius 1 is 1.19 bits per heavy atom. The van der Waals surface area contributed by atoms with Crippen molar-refractivity contribution in [2.75, 3.05) is 6.61 Å². The smallest absolute Gasteiger partial charge is 0.416 e. The molecule has 0 radical (unpaired) electrons. The number of amides is 1. The fourth-order valence-electron chi connectivity index (χ4n) is 2.74. The highest BCUT2D eigenvalue weighted by Gasteiger charge is 2.32. The minimum atomic E-state index is -4.62. The molecule has 0 spiro atoms. The lowest BCUT2D eigenvalue weighted by Gasteiger charge is -2.19. The molecule has 0 aliphatic heterocycles. The number of carbonyl (C=O) groups excluding carboxylic acids is 1. The van der Waals surface area contributed by atoms with E-state index in [4.69, 9.17) is 4.74 Å². The molecule has 9 heteroatoms. The van der Waals surface area contributed by atoms with E-state index in [9.17, 15) is 23.1 Å². The zero-order chi connectivity index (χ0) is 24.3. The molecular weight excluding hydrogens is 441 g/mol. The molecule has 1 N–H and O–H groups in total. The van der Waals surface area contributed by atoms with Gasteiger partial charge in [-0.1, -0.05) is 13.3 Å². The molecule has 1 aromatic heterocycles. The predicted octanol–water partition coefficient (Wildman–Crippen LogP) is 5.56. The van der Waals surface area contributed by atoms with Crippen molar-refractivity contribution in [2.45, 2.75) is 78.1 Å². The van der Waals surface area contributed by atoms with Crippen LogP contribution in [0.25, 0.3) is 0 Å². The standard InChI is InChI=1S/C23H31F3N2O3S/c1-7-8-9-15-13-28(21(2,3)4)32-20(15)27-19(29)17-12-16(23(24,25)26)10-11-18(17)31-14-22(5,6)30/h10-13,30H,7-9,14H2,1-6H3. The Morgan fingerprint density at radius 2 is 1.84 bits per heavy atom. The van der Waals surface area contributed by atoms with Gasteiger partial charge in [0.2, 0.25) is 0 Å². The molecule has 0 bridgehead atoms. The highest BCUT2D eigenvalue weighted by molar-refractivity contribution is 7.04. The lowest BCUT2D eigenvalue weighted by Crippen LogP contribution is -2.28. The maximum Gasteiger partial charge on any atom is 0.416 e. The second-order valence-corrected chi connectivity index (χ2v) is 10.3. The van der Waals surface area contributed by atoms with Crippen molar-refractivity contribution < 1.29 is 27.8 Å². The summed E-state index contributed by atoms with van der Waals surface area (Å²) in [6, 6.07) is 2.70. The van der Waals surface area contributed by atoms with E-state index in [-0.39, 0.29) is 23.5 Å². The van der Waals surface area contributed by atoms with Gasteiger partial charge in [0.1, 0.15) is 17.0 Å². The Morgan fingerprint density at radius 3 is 2.38 bits per heavy atom. The van der Waals surface area contributed by atoms with Crippen molar-refractivity contribution in [3.8, 4) is 5.75 Å². The van der Waals surface area contributed by atoms with Crippen molar-refractivity contribution in [3.05, 3.63) is 45.8 Å². The Labute approximate surface area is 190 Å². The number of unbranched alkanes of at least 4 members (excludes halogenated alkanes) is 1. The maximum absolute atomic E-state index is 13.3. The van der Waals surface area contributed by atoms with Crippen LogP contribution in [-0.4, -0.2) is 27.2 Å². The number of hydrogen-bond acceptors (Lipinski definition) is 4. The molecule has 5 nitrogen and oxygen atoms in total. The molecule has 1 aromatic carbocycles. The summed E-state index contributed by atoms with van der Waals surface area (Å²) < 4.78 is 47.8. The average molecular weight is 473 g/mol. The number of rotatable bonds is 7. The molecule has 0 aliphatic carbocycles. The van der Waals surface area contributed by atoms with Gasteiger partial charge < -0.3 is 9.84 Å². The topological polar surface area (TPSA) is 63.8 Å². The van der Waals surface area contributed by atoms with E-state index >= 15 is 0 Å². The van der Waals surface area contributed by atoms with Gasteiger partial charge in [0.25, 0.3) is 5.91 Å². The van der Waals surface area contributed by atoms with Crippen LogP contribution in [0.1, 0.15) is 75.9 Å². The quantitative estimate of drug-likeness (QED) is 0.574. The molecule has 0 saturated carbocycles. The van der Waals surface area contributed by atoms with Gasteiger partial charge in [0.15, 0.2) is 0 Å². The van der Waals surface area contributed by atoms with Crippen molar-refractivity contribution in [3.63, 3.8) is 0 Å². The van der Waals surface area contributed by atoms with E-state index in [2.05, 4.69) is 11.9 Å². The third-order valence-electron chi connectivity index (χ3n) is 4.51. The number of nitrogens with zero attached hydrogens (tertiary/aromatic N) is 2. The number of aliphatic hydroxyl groups is 1. The average Bonchev–Trinajstić information content (AvgIpc) is 3.06. The van der Waals surface area contributed by atoms with E-state index in [1.54, 1.807) is 0 Å². The summed E-state index contributed by atoms with van der Waals surface area (Å²) in [5.74, 6) is -0.869. The first-order valence-corrected chi connectivity index (χ1v) is 11.3. The van der Waals surface area contributed by atoms with Gasteiger partial charge in [-0.25, -0.2) is 0 Å². The van der Waals surface area contributed by atoms with Crippen LogP contribution in [0, 0.1) is 0 Å². The van der Waals surface area contributed by atoms with Crippen LogP contribution in [0.3, 0.4) is 0 Å². The van der Waals surface area contributed by atoms with Crippen LogP contribution in [0.2, 0.25) is 0 Å². The Bertz CT molecular complexity index is 1010. The normalized spacial score (nSPS) is 13.5. The number of carbonyl (C=O) groups is 1. The second-order valence-electron chi connectivity index (χ2n) is 9.38. The fraction of sp³-hybridized carbons (Fsp3) is 0.565. The van der Waals surface area contributed by atoms with Crippen molar-refractivity contribution in [2.24, 2.45) is 4.99 Å². The van der Waals surface area contributed by atoms with Crippen LogP contribution < -0.4 is 9.41 Å². The second kappa shape index (κ2) is 9.79. The molecule has 1 amide bonds. The summed E-state index contributed by atoms with van der Waals surface area (Å²) in [5, 5.41) is 9.91. The van der Waals surface area contributed by atoms with Crippen LogP contribution in [0.4, 0.5) is 13.2 Å². The lowest BCUT2D eigenvalue weighted by molar-refractivity contribution is -0.137. The molecule has 32 heavy (non-hydrogen) atoms. The van der Waals surface area contributed by atoms with Gasteiger partial charge in [0.05, 0.1) is 16.7 Å². The summed E-state index contributed by atoms with van der Waals surface area (Å²) in [7, 11) is 0. The van der Waals surface area contributed by atoms with Crippen LogP contribution in [-0.2, 0) is 18.1 Å². The molecule has 2 rings (SSSR count). The van der Waals surface area contributed by atoms with E-state index in [1.807, 2.05) is 30.9 Å². The number of ether oxygens (including phenoxy) is 1. The Kier molecular flexibility index (Phi) is 7.99. The highest BCUT2D eigenvalue weighted by atomic mass is 32.1. The first-order valence-electron chi connectivity index (χ1n) is 10.5. The number of benzene rings is 1. The largest absolute Gasteiger partial charge is 0.490 e. The maximum atomic E-state index is 13.3. The summed E-state index contributed by atoms with van der Waals surface area (Å²) >= 11 is 1.30. The van der Waals surface area contributed by atoms with E-state index < -0.39 is 23.2 Å². The highest BCUT2D eigenvalue weighted by Crippen LogP contribution is 2.33. The Balaban J connectivity index is 2.57. The minimum absolute atomic E-state index is 0.0516. The number of hydrogen-bond donors (Lipinski definition) is 1. The van der Waals surface area contributed by atoms with Gasteiger partial charge >= 0.3 is 6.18 Å². The summed E-state index contributed by atoms with van der Waals surface area (Å²) in [6.45, 7) is 10.9. The van der Waals surface area contributed by atoms with E-state index in [0.717, 1.165) is 36.6 Å². The van der Waals surface area contributed by atoms with Crippen molar-refractivity contribution in [1.29, 1.82) is 0 Å². The molecule has 2 aromatic rings. The number of alkyl halides is 3. The van der Waals surface area contributed by atoms with Gasteiger partial charge in [-0.2, -0.15) is 18.2 Å². The van der Waals surface area contributed by atoms with Crippen LogP contribution in [0.5, 0.6) is 5.75 Å². The first-order chi connectivity index (χ1) is 14.6. The minimum Gasteiger partial charge on any atom is -0.490 e. The molecule has 1 heterocycles. The zero-order valence-corrected chi connectivity index (χ0v) is 20.2. The number of aromatic nitrogens is 1. The zero-order valence-electron chi connectivity index (χ0n) is 19.3. The molecule has 178 valence electrons. The van der Waals surface area contributed by atoms with Gasteiger partial charge in [-0.05, 0) is 77.2 Å². The number of halogens is 3. The molecule has 0 aliphatic rings. The number of aryl methyl sites for hydroxylation is 1. The predicted molar refractivity (Wildman–Crippen MR) is 119 cm³/mol. The van der Waals surface area contributed by atoms with Crippen LogP contribution in [0.15, 0.2) is 29.4 Å². The third kappa shape index (κ3) is 7.20. The fourth-order valence-corrected chi connectivity index (χ4v) is 3.78. The van der Waals surface area contributed by atoms with E-state index in [1.165, 1.54) is 25.4 Å². The molecule has 0 fully saturated rings. The van der Waals surface area contributed by atoms with Gasteiger partial charge in [0, 0.05) is 17.3 Å². The third-order valence-corrected chi connectivity index (χ3v) is 5.89. The monoisotopic (exact) mass is 472 g/mol. The SMILES string of the molecule is CCCCc1cn(C(C)(C)C)sc1=NC(=O)c1cc(C(F)(F)F)ccc1OCC(C)(C)O. The first kappa shape index (κ1) is 26.1. The summed E-state index contributed by atoms with van der Waals surface area (Å²) in [6.07, 6.45) is -0.0895. The molecular formula is C23H31F3N2O3S. The Hall–Kier alpha value is -2.13. The summed E-state index contributed by atoms with van der Waals surface area (Å²) in [4.78, 5) is 17.2. The van der Waals surface area contributed by atoms with Gasteiger partial charge in [-0.3, -0.25) is 8.75 Å². The molecule has 0 unspecified atom stereocenters. The van der Waals surface area contributed by atoms with Gasteiger partial charge in [-0.15, -0.1) is 0 Å². The lowest BCUT2D eigenvalue weighted by atomic mass is 10.1. The molecule has 0 atom stereocenters.